The third kappa shape index (κ3) is 5.40. The summed E-state index contributed by atoms with van der Waals surface area (Å²) < 4.78 is 5.27. The number of thiazole rings is 1. The topological polar surface area (TPSA) is 115 Å². The monoisotopic (exact) mass is 480 g/mol. The molecule has 4 rings (SSSR count). The lowest BCUT2D eigenvalue weighted by Gasteiger charge is -2.28. The Balaban J connectivity index is 1.41. The number of amides is 1. The van der Waals surface area contributed by atoms with Gasteiger partial charge < -0.3 is 9.64 Å². The molecule has 0 saturated carbocycles. The molecule has 0 bridgehead atoms. The molecule has 1 unspecified atom stereocenters. The highest BCUT2D eigenvalue weighted by atomic mass is 32.1. The normalized spacial score (nSPS) is 14.3. The van der Waals surface area contributed by atoms with Crippen molar-refractivity contribution in [3.8, 4) is 11.3 Å². The molecule has 0 radical (unpaired) electrons. The minimum absolute atomic E-state index is 0.0210. The van der Waals surface area contributed by atoms with Gasteiger partial charge in [0.25, 0.3) is 11.6 Å². The van der Waals surface area contributed by atoms with Crippen LogP contribution in [0.2, 0.25) is 0 Å². The number of esters is 1. The summed E-state index contributed by atoms with van der Waals surface area (Å²) in [6.07, 6.45) is 1.93. The molecule has 1 aromatic heterocycles. The second-order valence-electron chi connectivity index (χ2n) is 7.95. The van der Waals surface area contributed by atoms with Crippen molar-refractivity contribution in [2.24, 2.45) is 0 Å². The Kier molecular flexibility index (Phi) is 7.17. The predicted octanol–water partition coefficient (Wildman–Crippen LogP) is 4.89. The van der Waals surface area contributed by atoms with Crippen molar-refractivity contribution >= 4 is 39.7 Å². The summed E-state index contributed by atoms with van der Waals surface area (Å²) in [4.78, 5) is 42.6. The van der Waals surface area contributed by atoms with Gasteiger partial charge in [-0.05, 0) is 38.3 Å². The zero-order valence-electron chi connectivity index (χ0n) is 18.6. The number of nitrogens with one attached hydrogen (secondary N) is 1. The molecule has 1 aliphatic heterocycles. The maximum absolute atomic E-state index is 12.6. The summed E-state index contributed by atoms with van der Waals surface area (Å²) in [6.45, 7) is 2.92. The van der Waals surface area contributed by atoms with Crippen LogP contribution in [-0.4, -0.2) is 41.0 Å². The number of benzene rings is 2. The van der Waals surface area contributed by atoms with Gasteiger partial charge in [0, 0.05) is 30.1 Å². The summed E-state index contributed by atoms with van der Waals surface area (Å²) in [5, 5.41) is 16.5. The average Bonchev–Trinajstić information content (AvgIpc) is 3.33. The Morgan fingerprint density at radius 3 is 2.59 bits per heavy atom. The van der Waals surface area contributed by atoms with Crippen LogP contribution in [0.3, 0.4) is 0 Å². The first-order chi connectivity index (χ1) is 16.4. The molecule has 0 spiro atoms. The number of hydrogen-bond acceptors (Lipinski definition) is 8. The van der Waals surface area contributed by atoms with E-state index < -0.39 is 22.9 Å². The van der Waals surface area contributed by atoms with Crippen LogP contribution in [0.4, 0.5) is 16.5 Å². The summed E-state index contributed by atoms with van der Waals surface area (Å²) in [5.41, 5.74) is 2.02. The second-order valence-corrected chi connectivity index (χ2v) is 8.81. The van der Waals surface area contributed by atoms with Gasteiger partial charge in [-0.1, -0.05) is 30.3 Å². The third-order valence-corrected chi connectivity index (χ3v) is 6.32. The van der Waals surface area contributed by atoms with Crippen molar-refractivity contribution in [1.29, 1.82) is 0 Å². The summed E-state index contributed by atoms with van der Waals surface area (Å²) in [7, 11) is 0. The maximum atomic E-state index is 12.6. The lowest BCUT2D eigenvalue weighted by Crippen LogP contribution is -2.31. The van der Waals surface area contributed by atoms with Gasteiger partial charge >= 0.3 is 5.97 Å². The minimum atomic E-state index is -1.11. The number of carbonyl (C=O) groups excluding carboxylic acids is 2. The van der Waals surface area contributed by atoms with Crippen LogP contribution in [0, 0.1) is 10.1 Å². The number of nitro benzene ring substituents is 1. The average molecular weight is 481 g/mol. The van der Waals surface area contributed by atoms with E-state index >= 15 is 0 Å². The largest absolute Gasteiger partial charge is 0.449 e. The molecule has 2 heterocycles. The molecular weight excluding hydrogens is 456 g/mol. The first-order valence-corrected chi connectivity index (χ1v) is 11.9. The third-order valence-electron chi connectivity index (χ3n) is 5.56. The van der Waals surface area contributed by atoms with Crippen molar-refractivity contribution < 1.29 is 19.2 Å². The Morgan fingerprint density at radius 2 is 1.88 bits per heavy atom. The van der Waals surface area contributed by atoms with Crippen LogP contribution in [0.25, 0.3) is 11.3 Å². The highest BCUT2D eigenvalue weighted by Crippen LogP contribution is 2.31. The van der Waals surface area contributed by atoms with Crippen LogP contribution in [-0.2, 0) is 9.53 Å². The van der Waals surface area contributed by atoms with Crippen molar-refractivity contribution in [2.45, 2.75) is 32.3 Å². The molecule has 1 fully saturated rings. The Labute approximate surface area is 200 Å². The smallest absolute Gasteiger partial charge is 0.339 e. The van der Waals surface area contributed by atoms with E-state index in [1.165, 1.54) is 30.4 Å². The van der Waals surface area contributed by atoms with Crippen molar-refractivity contribution in [2.75, 3.05) is 23.3 Å². The van der Waals surface area contributed by atoms with Crippen molar-refractivity contribution in [3.63, 3.8) is 0 Å². The number of rotatable bonds is 7. The number of hydrogen-bond donors (Lipinski definition) is 1. The van der Waals surface area contributed by atoms with E-state index in [4.69, 9.17) is 4.74 Å². The number of aromatic nitrogens is 1. The molecule has 10 heteroatoms. The molecule has 1 atom stereocenters. The summed E-state index contributed by atoms with van der Waals surface area (Å²) >= 11 is 1.26. The Morgan fingerprint density at radius 1 is 1.15 bits per heavy atom. The van der Waals surface area contributed by atoms with Crippen molar-refractivity contribution in [1.82, 2.24) is 4.98 Å². The van der Waals surface area contributed by atoms with Gasteiger partial charge in [0.05, 0.1) is 16.2 Å². The van der Waals surface area contributed by atoms with Crippen LogP contribution in [0.1, 0.15) is 36.5 Å². The number of piperidine rings is 1. The standard InChI is InChI=1S/C24H24N4O5S/c1-16(22(29)26-24-25-19(15-34-24)17-8-4-2-5-9-17)33-23(30)18-10-11-20(21(14-18)28(31)32)27-12-6-3-7-13-27/h2,4-5,8-11,14-16H,3,6-7,12-13H2,1H3,(H,25,26,29). The Bertz CT molecular complexity index is 1190. The molecule has 9 nitrogen and oxygen atoms in total. The molecule has 0 aliphatic carbocycles. The summed E-state index contributed by atoms with van der Waals surface area (Å²) in [5.74, 6) is -1.35. The first kappa shape index (κ1) is 23.4. The fourth-order valence-corrected chi connectivity index (χ4v) is 4.48. The predicted molar refractivity (Wildman–Crippen MR) is 130 cm³/mol. The molecule has 1 aliphatic rings. The first-order valence-electron chi connectivity index (χ1n) is 11.0. The van der Waals surface area contributed by atoms with Gasteiger partial charge in [-0.25, -0.2) is 9.78 Å². The van der Waals surface area contributed by atoms with E-state index in [0.717, 1.165) is 43.6 Å². The highest BCUT2D eigenvalue weighted by molar-refractivity contribution is 7.14. The van der Waals surface area contributed by atoms with Gasteiger partial charge in [-0.3, -0.25) is 20.2 Å². The van der Waals surface area contributed by atoms with Crippen LogP contribution in [0.15, 0.2) is 53.9 Å². The zero-order valence-corrected chi connectivity index (χ0v) is 19.4. The SMILES string of the molecule is CC(OC(=O)c1ccc(N2CCCCC2)c([N+](=O)[O-])c1)C(=O)Nc1nc(-c2ccccc2)cs1. The van der Waals surface area contributed by atoms with Crippen LogP contribution >= 0.6 is 11.3 Å². The Hall–Kier alpha value is -3.79. The van der Waals surface area contributed by atoms with Gasteiger partial charge in [0.2, 0.25) is 0 Å². The molecular formula is C24H24N4O5S. The molecule has 176 valence electrons. The number of anilines is 2. The number of carbonyl (C=O) groups is 2. The molecule has 1 saturated heterocycles. The maximum Gasteiger partial charge on any atom is 0.339 e. The van der Waals surface area contributed by atoms with E-state index in [2.05, 4.69) is 10.3 Å². The highest BCUT2D eigenvalue weighted by Gasteiger charge is 2.25. The van der Waals surface area contributed by atoms with E-state index in [9.17, 15) is 19.7 Å². The van der Waals surface area contributed by atoms with E-state index in [1.54, 1.807) is 6.07 Å². The zero-order chi connectivity index (χ0) is 24.1. The minimum Gasteiger partial charge on any atom is -0.449 e. The molecule has 3 aromatic rings. The quantitative estimate of drug-likeness (QED) is 0.291. The number of nitro groups is 1. The van der Waals surface area contributed by atoms with Crippen LogP contribution < -0.4 is 10.2 Å². The molecule has 2 aromatic carbocycles. The fourth-order valence-electron chi connectivity index (χ4n) is 3.76. The van der Waals surface area contributed by atoms with Gasteiger partial charge in [-0.2, -0.15) is 0 Å². The lowest BCUT2D eigenvalue weighted by atomic mass is 10.1. The fraction of sp³-hybridized carbons (Fsp3) is 0.292. The second kappa shape index (κ2) is 10.4. The van der Waals surface area contributed by atoms with E-state index in [-0.39, 0.29) is 11.3 Å². The van der Waals surface area contributed by atoms with Crippen LogP contribution in [0.5, 0.6) is 0 Å². The molecule has 1 N–H and O–H groups in total. The lowest BCUT2D eigenvalue weighted by molar-refractivity contribution is -0.384. The van der Waals surface area contributed by atoms with Gasteiger partial charge in [0.15, 0.2) is 11.2 Å². The number of nitrogens with zero attached hydrogens (tertiary/aromatic N) is 3. The van der Waals surface area contributed by atoms with E-state index in [1.807, 2.05) is 40.6 Å². The summed E-state index contributed by atoms with van der Waals surface area (Å²) in [6, 6.07) is 13.8. The molecule has 34 heavy (non-hydrogen) atoms. The number of ether oxygens (including phenoxy) is 1. The van der Waals surface area contributed by atoms with Crippen molar-refractivity contribution in [3.05, 3.63) is 69.6 Å². The van der Waals surface area contributed by atoms with Gasteiger partial charge in [-0.15, -0.1) is 11.3 Å². The van der Waals surface area contributed by atoms with E-state index in [0.29, 0.717) is 10.8 Å². The molecule has 1 amide bonds. The van der Waals surface area contributed by atoms with Gasteiger partial charge in [0.1, 0.15) is 5.69 Å².